The molecule has 9 heteroatoms. The van der Waals surface area contributed by atoms with Gasteiger partial charge < -0.3 is 9.84 Å². The van der Waals surface area contributed by atoms with Crippen molar-refractivity contribution in [1.29, 1.82) is 0 Å². The summed E-state index contributed by atoms with van der Waals surface area (Å²) in [7, 11) is 1.65. The molecule has 29 heavy (non-hydrogen) atoms. The Morgan fingerprint density at radius 2 is 2.03 bits per heavy atom. The molecule has 2 aliphatic carbocycles. The lowest BCUT2D eigenvalue weighted by atomic mass is 9.94. The van der Waals surface area contributed by atoms with Crippen molar-refractivity contribution in [2.24, 2.45) is 0 Å². The van der Waals surface area contributed by atoms with Crippen LogP contribution in [0.15, 0.2) is 17.2 Å². The van der Waals surface area contributed by atoms with Crippen LogP contribution in [0.3, 0.4) is 0 Å². The summed E-state index contributed by atoms with van der Waals surface area (Å²) in [6, 6.07) is 2.49. The van der Waals surface area contributed by atoms with Crippen molar-refractivity contribution in [3.05, 3.63) is 23.0 Å². The Bertz CT molecular complexity index is 1020. The van der Waals surface area contributed by atoms with E-state index in [2.05, 4.69) is 15.8 Å². The summed E-state index contributed by atoms with van der Waals surface area (Å²) in [6.45, 7) is 2.02. The van der Waals surface area contributed by atoms with Gasteiger partial charge in [-0.1, -0.05) is 11.3 Å². The van der Waals surface area contributed by atoms with E-state index in [1.165, 1.54) is 17.8 Å². The van der Waals surface area contributed by atoms with Gasteiger partial charge in [-0.3, -0.25) is 4.72 Å². The minimum Gasteiger partial charge on any atom is -0.480 e. The standard InChI is InChI=1S/C20H25N5O2S2/c1-11-17(25-20(22-11)28-19(23-25)12-3-4-12)13-9-16(18(27-2)21-10-13)29-24-14-5-7-15(26)8-6-14/h9-10,12,14-15,24,26H,3-8H2,1-2H3. The summed E-state index contributed by atoms with van der Waals surface area (Å²) in [5.41, 5.74) is 2.95. The molecule has 2 fully saturated rings. The van der Waals surface area contributed by atoms with Crippen molar-refractivity contribution in [3.63, 3.8) is 0 Å². The maximum atomic E-state index is 9.71. The number of methoxy groups -OCH3 is 1. The summed E-state index contributed by atoms with van der Waals surface area (Å²) in [5.74, 6) is 1.23. The van der Waals surface area contributed by atoms with E-state index in [9.17, 15) is 5.11 Å². The molecule has 154 valence electrons. The van der Waals surface area contributed by atoms with Gasteiger partial charge in [-0.15, -0.1) is 0 Å². The third-order valence-electron chi connectivity index (χ3n) is 5.64. The van der Waals surface area contributed by atoms with Gasteiger partial charge in [0.15, 0.2) is 0 Å². The van der Waals surface area contributed by atoms with E-state index in [0.29, 0.717) is 17.8 Å². The van der Waals surface area contributed by atoms with E-state index in [1.54, 1.807) is 30.4 Å². The smallest absolute Gasteiger partial charge is 0.228 e. The summed E-state index contributed by atoms with van der Waals surface area (Å²) in [4.78, 5) is 11.2. The molecule has 2 N–H and O–H groups in total. The summed E-state index contributed by atoms with van der Waals surface area (Å²) >= 11 is 3.25. The number of aliphatic hydroxyl groups excluding tert-OH is 1. The van der Waals surface area contributed by atoms with Gasteiger partial charge in [-0.05, 0) is 63.5 Å². The van der Waals surface area contributed by atoms with Crippen LogP contribution < -0.4 is 9.46 Å². The molecule has 2 aliphatic rings. The number of nitrogens with one attached hydrogen (secondary N) is 1. The maximum Gasteiger partial charge on any atom is 0.228 e. The maximum absolute atomic E-state index is 9.71. The molecule has 0 unspecified atom stereocenters. The van der Waals surface area contributed by atoms with Gasteiger partial charge in [-0.2, -0.15) is 5.10 Å². The van der Waals surface area contributed by atoms with Crippen LogP contribution in [0.25, 0.3) is 16.2 Å². The van der Waals surface area contributed by atoms with E-state index in [-0.39, 0.29) is 6.10 Å². The first-order chi connectivity index (χ1) is 14.1. The van der Waals surface area contributed by atoms with Gasteiger partial charge in [-0.25, -0.2) is 14.5 Å². The molecule has 3 aromatic rings. The topological polar surface area (TPSA) is 84.6 Å². The number of hydrogen-bond donors (Lipinski definition) is 2. The van der Waals surface area contributed by atoms with Crippen LogP contribution in [-0.4, -0.2) is 43.9 Å². The van der Waals surface area contributed by atoms with Crippen LogP contribution in [0.1, 0.15) is 55.1 Å². The highest BCUT2D eigenvalue weighted by Gasteiger charge is 2.29. The zero-order valence-corrected chi connectivity index (χ0v) is 18.2. The molecule has 7 nitrogen and oxygen atoms in total. The molecule has 0 atom stereocenters. The normalized spacial score (nSPS) is 22.3. The second-order valence-electron chi connectivity index (χ2n) is 7.91. The number of aromatic nitrogens is 4. The number of imidazole rings is 1. The fraction of sp³-hybridized carbons (Fsp3) is 0.550. The van der Waals surface area contributed by atoms with E-state index in [0.717, 1.165) is 52.5 Å². The fourth-order valence-corrected chi connectivity index (χ4v) is 5.87. The number of aliphatic hydroxyl groups is 1. The van der Waals surface area contributed by atoms with Crippen LogP contribution in [0.5, 0.6) is 5.88 Å². The average Bonchev–Trinajstić information content (AvgIpc) is 3.43. The molecule has 2 saturated carbocycles. The largest absolute Gasteiger partial charge is 0.480 e. The molecule has 0 amide bonds. The molecule has 3 heterocycles. The Balaban J connectivity index is 1.43. The van der Waals surface area contributed by atoms with E-state index < -0.39 is 0 Å². The van der Waals surface area contributed by atoms with Gasteiger partial charge in [0.25, 0.3) is 0 Å². The Hall–Kier alpha value is -1.68. The molecule has 0 bridgehead atoms. The van der Waals surface area contributed by atoms with Crippen LogP contribution in [-0.2, 0) is 0 Å². The minimum absolute atomic E-state index is 0.150. The molecule has 3 aromatic heterocycles. The van der Waals surface area contributed by atoms with Crippen molar-refractivity contribution in [2.45, 2.75) is 68.4 Å². The number of pyridine rings is 1. The Morgan fingerprint density at radius 3 is 2.76 bits per heavy atom. The van der Waals surface area contributed by atoms with E-state index in [4.69, 9.17) is 14.8 Å². The number of rotatable bonds is 6. The zero-order valence-electron chi connectivity index (χ0n) is 16.6. The first-order valence-corrected chi connectivity index (χ1v) is 11.8. The summed E-state index contributed by atoms with van der Waals surface area (Å²) in [5, 5.41) is 15.7. The highest BCUT2D eigenvalue weighted by atomic mass is 32.2. The first kappa shape index (κ1) is 19.3. The van der Waals surface area contributed by atoms with Crippen LogP contribution >= 0.6 is 23.3 Å². The first-order valence-electron chi connectivity index (χ1n) is 10.1. The number of fused-ring (bicyclic) bond motifs is 1. The molecule has 0 spiro atoms. The zero-order chi connectivity index (χ0) is 20.0. The molecular formula is C20H25N5O2S2. The number of nitrogens with zero attached hydrogens (tertiary/aromatic N) is 4. The lowest BCUT2D eigenvalue weighted by Gasteiger charge is -2.25. The number of aryl methyl sites for hydroxylation is 1. The lowest BCUT2D eigenvalue weighted by molar-refractivity contribution is 0.121. The summed E-state index contributed by atoms with van der Waals surface area (Å²) < 4.78 is 11.0. The van der Waals surface area contributed by atoms with Crippen LogP contribution in [0.2, 0.25) is 0 Å². The number of hydrogen-bond acceptors (Lipinski definition) is 8. The van der Waals surface area contributed by atoms with E-state index >= 15 is 0 Å². The Labute approximate surface area is 178 Å². The molecule has 0 aliphatic heterocycles. The van der Waals surface area contributed by atoms with Crippen molar-refractivity contribution >= 4 is 28.2 Å². The second-order valence-corrected chi connectivity index (χ2v) is 9.78. The Morgan fingerprint density at radius 1 is 1.24 bits per heavy atom. The average molecular weight is 432 g/mol. The lowest BCUT2D eigenvalue weighted by Crippen LogP contribution is -2.30. The molecule has 0 saturated heterocycles. The predicted octanol–water partition coefficient (Wildman–Crippen LogP) is 3.95. The number of ether oxygens (including phenoxy) is 1. The quantitative estimate of drug-likeness (QED) is 0.572. The predicted molar refractivity (Wildman–Crippen MR) is 115 cm³/mol. The van der Waals surface area contributed by atoms with Crippen LogP contribution in [0.4, 0.5) is 0 Å². The molecule has 0 radical (unpaired) electrons. The molecule has 5 rings (SSSR count). The van der Waals surface area contributed by atoms with E-state index in [1.807, 2.05) is 17.6 Å². The SMILES string of the molecule is COc1ncc(-c2c(C)nc3sc(C4CC4)nn23)cc1SNC1CCC(O)CC1. The molecular weight excluding hydrogens is 406 g/mol. The minimum atomic E-state index is -0.150. The highest BCUT2D eigenvalue weighted by molar-refractivity contribution is 7.97. The highest BCUT2D eigenvalue weighted by Crippen LogP contribution is 2.43. The third-order valence-corrected chi connectivity index (χ3v) is 7.67. The van der Waals surface area contributed by atoms with Gasteiger partial charge in [0, 0.05) is 23.7 Å². The van der Waals surface area contributed by atoms with Gasteiger partial charge >= 0.3 is 0 Å². The fourth-order valence-electron chi connectivity index (χ4n) is 3.82. The van der Waals surface area contributed by atoms with Crippen molar-refractivity contribution < 1.29 is 9.84 Å². The van der Waals surface area contributed by atoms with Gasteiger partial charge in [0.2, 0.25) is 10.8 Å². The third kappa shape index (κ3) is 3.88. The van der Waals surface area contributed by atoms with Crippen molar-refractivity contribution in [1.82, 2.24) is 24.3 Å². The van der Waals surface area contributed by atoms with Crippen LogP contribution in [0, 0.1) is 6.92 Å². The molecule has 0 aromatic carbocycles. The van der Waals surface area contributed by atoms with Gasteiger partial charge in [0.05, 0.1) is 29.5 Å². The van der Waals surface area contributed by atoms with Crippen molar-refractivity contribution in [2.75, 3.05) is 7.11 Å². The summed E-state index contributed by atoms with van der Waals surface area (Å²) in [6.07, 6.45) is 7.83. The van der Waals surface area contributed by atoms with Crippen molar-refractivity contribution in [3.8, 4) is 17.1 Å². The monoisotopic (exact) mass is 431 g/mol. The Kier molecular flexibility index (Phi) is 5.23. The van der Waals surface area contributed by atoms with Gasteiger partial charge in [0.1, 0.15) is 5.01 Å². The second kappa shape index (κ2) is 7.86.